The Hall–Kier alpha value is -1.04. The second kappa shape index (κ2) is 5.08. The monoisotopic (exact) mass is 269 g/mol. The molecule has 1 atom stereocenters. The molecule has 0 aliphatic rings. The lowest BCUT2D eigenvalue weighted by atomic mass is 10.1. The molecule has 0 aliphatic carbocycles. The molecule has 0 radical (unpaired) electrons. The van der Waals surface area contributed by atoms with Crippen LogP contribution in [0.2, 0.25) is 5.02 Å². The van der Waals surface area contributed by atoms with Crippen molar-refractivity contribution in [2.75, 3.05) is 0 Å². The molecule has 0 saturated heterocycles. The standard InChI is InChI=1S/C11H12ClN3OS/c1-6(16)8-3-4-10(9(12)5-8)17-11-13-7(2)14-15-11/h3-6,16H,1-2H3,(H,13,14,15)/t6-/m0/s1. The van der Waals surface area contributed by atoms with Crippen LogP contribution in [0.4, 0.5) is 0 Å². The molecule has 2 rings (SSSR count). The number of benzene rings is 1. The first-order chi connectivity index (χ1) is 8.06. The number of nitrogens with zero attached hydrogens (tertiary/aromatic N) is 2. The Kier molecular flexibility index (Phi) is 3.71. The quantitative estimate of drug-likeness (QED) is 0.899. The van der Waals surface area contributed by atoms with Crippen LogP contribution in [0.3, 0.4) is 0 Å². The molecule has 90 valence electrons. The maximum atomic E-state index is 9.44. The van der Waals surface area contributed by atoms with E-state index in [1.54, 1.807) is 13.0 Å². The Morgan fingerprint density at radius 2 is 2.24 bits per heavy atom. The van der Waals surface area contributed by atoms with Crippen LogP contribution in [0.1, 0.15) is 24.4 Å². The first-order valence-electron chi connectivity index (χ1n) is 5.10. The van der Waals surface area contributed by atoms with Gasteiger partial charge in [0.1, 0.15) is 5.82 Å². The molecule has 6 heteroatoms. The topological polar surface area (TPSA) is 61.8 Å². The molecule has 0 fully saturated rings. The summed E-state index contributed by atoms with van der Waals surface area (Å²) in [5, 5.41) is 17.5. The van der Waals surface area contributed by atoms with Crippen molar-refractivity contribution in [2.45, 2.75) is 30.0 Å². The lowest BCUT2D eigenvalue weighted by Crippen LogP contribution is -1.90. The fourth-order valence-corrected chi connectivity index (χ4v) is 2.39. The van der Waals surface area contributed by atoms with Crippen LogP contribution in [0, 0.1) is 6.92 Å². The Labute approximate surface area is 108 Å². The van der Waals surface area contributed by atoms with Crippen LogP contribution < -0.4 is 0 Å². The smallest absolute Gasteiger partial charge is 0.213 e. The lowest BCUT2D eigenvalue weighted by Gasteiger charge is -2.07. The van der Waals surface area contributed by atoms with E-state index < -0.39 is 6.10 Å². The maximum absolute atomic E-state index is 9.44. The summed E-state index contributed by atoms with van der Waals surface area (Å²) in [6.45, 7) is 3.55. The normalized spacial score (nSPS) is 12.7. The average molecular weight is 270 g/mol. The van der Waals surface area contributed by atoms with E-state index >= 15 is 0 Å². The van der Waals surface area contributed by atoms with Gasteiger partial charge >= 0.3 is 0 Å². The van der Waals surface area contributed by atoms with Crippen LogP contribution in [-0.2, 0) is 0 Å². The Bertz CT molecular complexity index is 527. The summed E-state index contributed by atoms with van der Waals surface area (Å²) in [7, 11) is 0. The maximum Gasteiger partial charge on any atom is 0.213 e. The van der Waals surface area contributed by atoms with Gasteiger partial charge in [0.05, 0.1) is 11.1 Å². The van der Waals surface area contributed by atoms with E-state index in [0.29, 0.717) is 10.2 Å². The van der Waals surface area contributed by atoms with Gasteiger partial charge in [-0.1, -0.05) is 17.7 Å². The highest BCUT2D eigenvalue weighted by atomic mass is 35.5. The minimum Gasteiger partial charge on any atom is -0.389 e. The number of aromatic nitrogens is 3. The fourth-order valence-electron chi connectivity index (χ4n) is 1.33. The molecule has 0 saturated carbocycles. The Balaban J connectivity index is 2.22. The van der Waals surface area contributed by atoms with E-state index in [-0.39, 0.29) is 0 Å². The molecule has 1 aromatic carbocycles. The molecule has 0 bridgehead atoms. The largest absolute Gasteiger partial charge is 0.389 e. The summed E-state index contributed by atoms with van der Waals surface area (Å²) < 4.78 is 0. The van der Waals surface area contributed by atoms with Crippen molar-refractivity contribution in [2.24, 2.45) is 0 Å². The van der Waals surface area contributed by atoms with E-state index in [1.807, 2.05) is 19.1 Å². The summed E-state index contributed by atoms with van der Waals surface area (Å²) in [5.41, 5.74) is 0.797. The lowest BCUT2D eigenvalue weighted by molar-refractivity contribution is 0.199. The number of aliphatic hydroxyl groups is 1. The zero-order valence-electron chi connectivity index (χ0n) is 9.44. The molecule has 2 aromatic rings. The van der Waals surface area contributed by atoms with Crippen LogP contribution in [0.25, 0.3) is 0 Å². The third-order valence-corrected chi connectivity index (χ3v) is 3.58. The number of aliphatic hydroxyl groups excluding tert-OH is 1. The van der Waals surface area contributed by atoms with Gasteiger partial charge in [-0.3, -0.25) is 5.10 Å². The van der Waals surface area contributed by atoms with Crippen molar-refractivity contribution in [3.63, 3.8) is 0 Å². The second-order valence-corrected chi connectivity index (χ2v) is 5.09. The van der Waals surface area contributed by atoms with Gasteiger partial charge in [-0.05, 0) is 43.3 Å². The van der Waals surface area contributed by atoms with Crippen LogP contribution in [-0.4, -0.2) is 20.3 Å². The Morgan fingerprint density at radius 1 is 1.47 bits per heavy atom. The van der Waals surface area contributed by atoms with Gasteiger partial charge in [0.15, 0.2) is 0 Å². The van der Waals surface area contributed by atoms with E-state index in [2.05, 4.69) is 15.2 Å². The summed E-state index contributed by atoms with van der Waals surface area (Å²) in [6, 6.07) is 5.47. The van der Waals surface area contributed by atoms with Gasteiger partial charge in [-0.15, -0.1) is 5.10 Å². The van der Waals surface area contributed by atoms with Crippen molar-refractivity contribution < 1.29 is 5.11 Å². The predicted octanol–water partition coefficient (Wildman–Crippen LogP) is 2.97. The van der Waals surface area contributed by atoms with Gasteiger partial charge in [0.25, 0.3) is 0 Å². The average Bonchev–Trinajstić information content (AvgIpc) is 2.67. The van der Waals surface area contributed by atoms with Crippen LogP contribution in [0.15, 0.2) is 28.3 Å². The fraction of sp³-hybridized carbons (Fsp3) is 0.273. The first kappa shape index (κ1) is 12.4. The van der Waals surface area contributed by atoms with Crippen molar-refractivity contribution >= 4 is 23.4 Å². The van der Waals surface area contributed by atoms with Crippen molar-refractivity contribution in [3.8, 4) is 0 Å². The minimum absolute atomic E-state index is 0.516. The van der Waals surface area contributed by atoms with Crippen LogP contribution >= 0.6 is 23.4 Å². The second-order valence-electron chi connectivity index (χ2n) is 3.67. The van der Waals surface area contributed by atoms with Gasteiger partial charge in [0, 0.05) is 4.90 Å². The van der Waals surface area contributed by atoms with Crippen molar-refractivity contribution in [3.05, 3.63) is 34.6 Å². The molecule has 0 aliphatic heterocycles. The molecule has 1 aromatic heterocycles. The molecule has 0 spiro atoms. The van der Waals surface area contributed by atoms with Gasteiger partial charge in [-0.2, -0.15) is 0 Å². The first-order valence-corrected chi connectivity index (χ1v) is 6.30. The van der Waals surface area contributed by atoms with Gasteiger partial charge < -0.3 is 5.11 Å². The van der Waals surface area contributed by atoms with Crippen molar-refractivity contribution in [1.29, 1.82) is 0 Å². The van der Waals surface area contributed by atoms with E-state index in [9.17, 15) is 5.11 Å². The zero-order chi connectivity index (χ0) is 12.4. The molecule has 0 amide bonds. The third-order valence-electron chi connectivity index (χ3n) is 2.22. The summed E-state index contributed by atoms with van der Waals surface area (Å²) in [5.74, 6) is 0.768. The Morgan fingerprint density at radius 3 is 2.76 bits per heavy atom. The number of hydrogen-bond acceptors (Lipinski definition) is 4. The van der Waals surface area contributed by atoms with Crippen LogP contribution in [0.5, 0.6) is 0 Å². The predicted molar refractivity (Wildman–Crippen MR) is 67.3 cm³/mol. The third kappa shape index (κ3) is 3.00. The molecule has 4 nitrogen and oxygen atoms in total. The molecular weight excluding hydrogens is 258 g/mol. The van der Waals surface area contributed by atoms with Crippen molar-refractivity contribution in [1.82, 2.24) is 15.2 Å². The zero-order valence-corrected chi connectivity index (χ0v) is 11.0. The van der Waals surface area contributed by atoms with E-state index in [0.717, 1.165) is 16.3 Å². The van der Waals surface area contributed by atoms with E-state index in [1.165, 1.54) is 11.8 Å². The number of hydrogen-bond donors (Lipinski definition) is 2. The molecule has 2 N–H and O–H groups in total. The molecule has 1 heterocycles. The molecule has 0 unspecified atom stereocenters. The number of H-pyrrole nitrogens is 1. The SMILES string of the molecule is Cc1nc(Sc2ccc([C@H](C)O)cc2Cl)n[nH]1. The summed E-state index contributed by atoms with van der Waals surface area (Å²) in [4.78, 5) is 5.06. The van der Waals surface area contributed by atoms with Gasteiger partial charge in [-0.25, -0.2) is 4.98 Å². The summed E-state index contributed by atoms with van der Waals surface area (Å²) >= 11 is 7.52. The highest BCUT2D eigenvalue weighted by Crippen LogP contribution is 2.32. The summed E-state index contributed by atoms with van der Waals surface area (Å²) in [6.07, 6.45) is -0.516. The van der Waals surface area contributed by atoms with Gasteiger partial charge in [0.2, 0.25) is 5.16 Å². The number of aryl methyl sites for hydroxylation is 1. The highest BCUT2D eigenvalue weighted by Gasteiger charge is 2.09. The minimum atomic E-state index is -0.516. The van der Waals surface area contributed by atoms with E-state index in [4.69, 9.17) is 11.6 Å². The molecule has 17 heavy (non-hydrogen) atoms. The number of rotatable bonds is 3. The number of aromatic amines is 1. The highest BCUT2D eigenvalue weighted by molar-refractivity contribution is 7.99. The number of nitrogens with one attached hydrogen (secondary N) is 1. The molecular formula is C11H12ClN3OS. The number of halogens is 1.